The normalized spacial score (nSPS) is 37.1. The standard InChI is InChI=1S/C16H22O2/c1-15(2)13-9-10-16(3,18-15)14(13)17-11-12-7-5-4-6-8-12/h4-8,13-14H,9-11H2,1-3H3. The smallest absolute Gasteiger partial charge is 0.0926 e. The summed E-state index contributed by atoms with van der Waals surface area (Å²) in [5, 5.41) is 0. The number of fused-ring (bicyclic) bond motifs is 2. The minimum absolute atomic E-state index is 0.0334. The van der Waals surface area contributed by atoms with Gasteiger partial charge in [0.15, 0.2) is 0 Å². The Bertz CT molecular complexity index is 426. The molecule has 1 saturated heterocycles. The van der Waals surface area contributed by atoms with E-state index >= 15 is 0 Å². The molecule has 1 aliphatic carbocycles. The van der Waals surface area contributed by atoms with Crippen LogP contribution in [0.5, 0.6) is 0 Å². The monoisotopic (exact) mass is 246 g/mol. The van der Waals surface area contributed by atoms with Crippen LogP contribution in [0.25, 0.3) is 0 Å². The van der Waals surface area contributed by atoms with Gasteiger partial charge in [0.05, 0.1) is 23.9 Å². The van der Waals surface area contributed by atoms with E-state index < -0.39 is 0 Å². The summed E-state index contributed by atoms with van der Waals surface area (Å²) >= 11 is 0. The predicted octanol–water partition coefficient (Wildman–Crippen LogP) is 3.55. The van der Waals surface area contributed by atoms with E-state index in [1.807, 2.05) is 6.07 Å². The van der Waals surface area contributed by atoms with Gasteiger partial charge in [-0.05, 0) is 39.2 Å². The maximum atomic E-state index is 6.21. The van der Waals surface area contributed by atoms with E-state index in [0.29, 0.717) is 12.5 Å². The first-order valence-electron chi connectivity index (χ1n) is 6.87. The van der Waals surface area contributed by atoms with Crippen molar-refractivity contribution in [3.05, 3.63) is 35.9 Å². The van der Waals surface area contributed by atoms with Gasteiger partial charge in [-0.3, -0.25) is 0 Å². The van der Waals surface area contributed by atoms with Crippen LogP contribution in [0.15, 0.2) is 30.3 Å². The molecule has 1 saturated carbocycles. The van der Waals surface area contributed by atoms with E-state index in [2.05, 4.69) is 45.0 Å². The molecule has 2 heteroatoms. The molecule has 3 unspecified atom stereocenters. The molecule has 0 N–H and O–H groups in total. The van der Waals surface area contributed by atoms with Crippen molar-refractivity contribution in [2.45, 2.75) is 57.5 Å². The lowest BCUT2D eigenvalue weighted by Gasteiger charge is -2.33. The molecule has 98 valence electrons. The Balaban J connectivity index is 1.71. The number of hydrogen-bond acceptors (Lipinski definition) is 2. The summed E-state index contributed by atoms with van der Waals surface area (Å²) in [5.74, 6) is 0.534. The lowest BCUT2D eigenvalue weighted by molar-refractivity contribution is -0.128. The second-order valence-electron chi connectivity index (χ2n) is 6.38. The van der Waals surface area contributed by atoms with Crippen LogP contribution in [0.4, 0.5) is 0 Å². The maximum Gasteiger partial charge on any atom is 0.0926 e. The molecule has 3 atom stereocenters. The SMILES string of the molecule is CC1(C)OC2(C)CCC1C2OCc1ccccc1. The fraction of sp³-hybridized carbons (Fsp3) is 0.625. The van der Waals surface area contributed by atoms with Crippen LogP contribution >= 0.6 is 0 Å². The Morgan fingerprint density at radius 3 is 2.50 bits per heavy atom. The minimum Gasteiger partial charge on any atom is -0.370 e. The van der Waals surface area contributed by atoms with Crippen LogP contribution in [0.3, 0.4) is 0 Å². The third-order valence-corrected chi connectivity index (χ3v) is 4.58. The largest absolute Gasteiger partial charge is 0.370 e. The molecule has 1 aromatic carbocycles. The fourth-order valence-electron chi connectivity index (χ4n) is 3.71. The predicted molar refractivity (Wildman–Crippen MR) is 71.3 cm³/mol. The second kappa shape index (κ2) is 4.07. The van der Waals surface area contributed by atoms with Crippen LogP contribution in [-0.2, 0) is 16.1 Å². The van der Waals surface area contributed by atoms with Gasteiger partial charge in [-0.2, -0.15) is 0 Å². The lowest BCUT2D eigenvalue weighted by Crippen LogP contribution is -2.36. The van der Waals surface area contributed by atoms with Crippen molar-refractivity contribution >= 4 is 0 Å². The van der Waals surface area contributed by atoms with E-state index in [-0.39, 0.29) is 17.3 Å². The first kappa shape index (κ1) is 12.2. The van der Waals surface area contributed by atoms with Crippen LogP contribution < -0.4 is 0 Å². The molecule has 2 fully saturated rings. The summed E-state index contributed by atoms with van der Waals surface area (Å²) in [4.78, 5) is 0. The van der Waals surface area contributed by atoms with Crippen LogP contribution in [0, 0.1) is 5.92 Å². The number of ether oxygens (including phenoxy) is 2. The highest BCUT2D eigenvalue weighted by Gasteiger charge is 2.61. The highest BCUT2D eigenvalue weighted by atomic mass is 16.6. The summed E-state index contributed by atoms with van der Waals surface area (Å²) in [6.07, 6.45) is 2.59. The molecule has 18 heavy (non-hydrogen) atoms. The Morgan fingerprint density at radius 1 is 1.22 bits per heavy atom. The van der Waals surface area contributed by atoms with E-state index in [9.17, 15) is 0 Å². The third kappa shape index (κ3) is 1.88. The first-order valence-corrected chi connectivity index (χ1v) is 6.87. The van der Waals surface area contributed by atoms with Crippen LogP contribution in [-0.4, -0.2) is 17.3 Å². The van der Waals surface area contributed by atoms with Gasteiger partial charge in [0, 0.05) is 5.92 Å². The Morgan fingerprint density at radius 2 is 1.94 bits per heavy atom. The molecule has 1 aromatic rings. The zero-order valence-electron chi connectivity index (χ0n) is 11.5. The molecule has 0 aromatic heterocycles. The van der Waals surface area contributed by atoms with E-state index in [0.717, 1.165) is 6.42 Å². The summed E-state index contributed by atoms with van der Waals surface area (Å²) in [6, 6.07) is 10.4. The average molecular weight is 246 g/mol. The highest BCUT2D eigenvalue weighted by molar-refractivity contribution is 5.15. The van der Waals surface area contributed by atoms with Crippen molar-refractivity contribution in [2.24, 2.45) is 5.92 Å². The van der Waals surface area contributed by atoms with Crippen molar-refractivity contribution in [2.75, 3.05) is 0 Å². The Labute approximate surface area is 109 Å². The van der Waals surface area contributed by atoms with Gasteiger partial charge in [0.25, 0.3) is 0 Å². The quantitative estimate of drug-likeness (QED) is 0.812. The van der Waals surface area contributed by atoms with Crippen molar-refractivity contribution in [3.63, 3.8) is 0 Å². The van der Waals surface area contributed by atoms with Crippen molar-refractivity contribution in [3.8, 4) is 0 Å². The molecule has 2 bridgehead atoms. The average Bonchev–Trinajstić information content (AvgIpc) is 2.73. The van der Waals surface area contributed by atoms with Gasteiger partial charge in [0.2, 0.25) is 0 Å². The molecule has 2 nitrogen and oxygen atoms in total. The molecule has 0 spiro atoms. The molecule has 3 rings (SSSR count). The molecule has 1 heterocycles. The Hall–Kier alpha value is -0.860. The van der Waals surface area contributed by atoms with E-state index in [1.54, 1.807) is 0 Å². The fourth-order valence-corrected chi connectivity index (χ4v) is 3.71. The molecular formula is C16H22O2. The zero-order valence-corrected chi connectivity index (χ0v) is 11.5. The van der Waals surface area contributed by atoms with E-state index in [4.69, 9.17) is 9.47 Å². The Kier molecular flexibility index (Phi) is 2.76. The molecule has 0 radical (unpaired) electrons. The summed E-state index contributed by atoms with van der Waals surface area (Å²) in [5.41, 5.74) is 1.13. The number of hydrogen-bond donors (Lipinski definition) is 0. The van der Waals surface area contributed by atoms with Crippen molar-refractivity contribution in [1.29, 1.82) is 0 Å². The topological polar surface area (TPSA) is 18.5 Å². The van der Waals surface area contributed by atoms with Crippen LogP contribution in [0.2, 0.25) is 0 Å². The van der Waals surface area contributed by atoms with Gasteiger partial charge in [-0.1, -0.05) is 30.3 Å². The lowest BCUT2D eigenvalue weighted by atomic mass is 9.89. The second-order valence-corrected chi connectivity index (χ2v) is 6.38. The minimum atomic E-state index is -0.0804. The first-order chi connectivity index (χ1) is 8.51. The molecule has 0 amide bonds. The van der Waals surface area contributed by atoms with Gasteiger partial charge >= 0.3 is 0 Å². The summed E-state index contributed by atoms with van der Waals surface area (Å²) in [6.45, 7) is 7.29. The summed E-state index contributed by atoms with van der Waals surface area (Å²) in [7, 11) is 0. The zero-order chi connectivity index (χ0) is 12.8. The number of rotatable bonds is 3. The molecular weight excluding hydrogens is 224 g/mol. The maximum absolute atomic E-state index is 6.21. The van der Waals surface area contributed by atoms with Gasteiger partial charge in [-0.15, -0.1) is 0 Å². The third-order valence-electron chi connectivity index (χ3n) is 4.58. The van der Waals surface area contributed by atoms with Gasteiger partial charge in [0.1, 0.15) is 0 Å². The molecule has 1 aliphatic heterocycles. The van der Waals surface area contributed by atoms with Gasteiger partial charge in [-0.25, -0.2) is 0 Å². The van der Waals surface area contributed by atoms with E-state index in [1.165, 1.54) is 12.0 Å². The van der Waals surface area contributed by atoms with Crippen molar-refractivity contribution in [1.82, 2.24) is 0 Å². The highest BCUT2D eigenvalue weighted by Crippen LogP contribution is 2.54. The van der Waals surface area contributed by atoms with Crippen molar-refractivity contribution < 1.29 is 9.47 Å². The molecule has 2 aliphatic rings. The summed E-state index contributed by atoms with van der Waals surface area (Å²) < 4.78 is 12.4. The van der Waals surface area contributed by atoms with Crippen LogP contribution in [0.1, 0.15) is 39.2 Å². The van der Waals surface area contributed by atoms with Gasteiger partial charge < -0.3 is 9.47 Å². The number of benzene rings is 1.